The highest BCUT2D eigenvalue weighted by atomic mass is 32.2. The molecule has 3 nitrogen and oxygen atoms in total. The highest BCUT2D eigenvalue weighted by molar-refractivity contribution is 8.13. The van der Waals surface area contributed by atoms with Gasteiger partial charge in [-0.1, -0.05) is 0 Å². The minimum absolute atomic E-state index is 0.245. The van der Waals surface area contributed by atoms with E-state index >= 15 is 0 Å². The van der Waals surface area contributed by atoms with E-state index in [1.165, 1.54) is 18.0 Å². The van der Waals surface area contributed by atoms with Gasteiger partial charge in [0.25, 0.3) is 5.91 Å². The maximum absolute atomic E-state index is 10.5. The van der Waals surface area contributed by atoms with E-state index in [2.05, 4.69) is 9.98 Å². The molecule has 0 fully saturated rings. The second kappa shape index (κ2) is 2.77. The summed E-state index contributed by atoms with van der Waals surface area (Å²) in [6, 6.07) is 0. The molecule has 1 rings (SSSR count). The molecule has 48 valence electrons. The van der Waals surface area contributed by atoms with E-state index in [1.54, 1.807) is 0 Å². The van der Waals surface area contributed by atoms with Crippen molar-refractivity contribution < 1.29 is 4.79 Å². The van der Waals surface area contributed by atoms with Crippen LogP contribution in [0.3, 0.4) is 0 Å². The first-order chi connectivity index (χ1) is 4.33. The van der Waals surface area contributed by atoms with Gasteiger partial charge in [-0.3, -0.25) is 9.79 Å². The van der Waals surface area contributed by atoms with Crippen molar-refractivity contribution >= 4 is 28.9 Å². The van der Waals surface area contributed by atoms with E-state index in [9.17, 15) is 4.79 Å². The van der Waals surface area contributed by atoms with Crippen LogP contribution < -0.4 is 0 Å². The molecule has 0 bridgehead atoms. The zero-order valence-electron chi connectivity index (χ0n) is 5.00. The van der Waals surface area contributed by atoms with Crippen LogP contribution in [-0.4, -0.2) is 30.0 Å². The Morgan fingerprint density at radius 3 is 3.00 bits per heavy atom. The lowest BCUT2D eigenvalue weighted by atomic mass is 10.6. The SMILES string of the molecule is CSC1=NC(=O)C=NC1. The third kappa shape index (κ3) is 1.64. The summed E-state index contributed by atoms with van der Waals surface area (Å²) in [5.41, 5.74) is 0. The fraction of sp³-hybridized carbons (Fsp3) is 0.400. The first-order valence-electron chi connectivity index (χ1n) is 2.48. The molecule has 1 aliphatic rings. The van der Waals surface area contributed by atoms with Crippen molar-refractivity contribution in [2.24, 2.45) is 9.98 Å². The Bertz CT molecular complexity index is 185. The number of nitrogens with zero attached hydrogens (tertiary/aromatic N) is 2. The number of carbonyl (C=O) groups is 1. The monoisotopic (exact) mass is 142 g/mol. The van der Waals surface area contributed by atoms with Gasteiger partial charge in [0, 0.05) is 0 Å². The van der Waals surface area contributed by atoms with Crippen LogP contribution in [0.5, 0.6) is 0 Å². The number of carbonyl (C=O) groups excluding carboxylic acids is 1. The Morgan fingerprint density at radius 2 is 2.56 bits per heavy atom. The van der Waals surface area contributed by atoms with Gasteiger partial charge in [-0.25, -0.2) is 4.99 Å². The third-order valence-corrected chi connectivity index (χ3v) is 1.59. The summed E-state index contributed by atoms with van der Waals surface area (Å²) in [5, 5.41) is 0.794. The normalized spacial score (nSPS) is 17.9. The number of rotatable bonds is 0. The molecule has 0 saturated heterocycles. The van der Waals surface area contributed by atoms with Crippen LogP contribution in [0.1, 0.15) is 0 Å². The second-order valence-electron chi connectivity index (χ2n) is 1.52. The molecular weight excluding hydrogens is 136 g/mol. The van der Waals surface area contributed by atoms with Gasteiger partial charge in [-0.2, -0.15) is 0 Å². The fourth-order valence-electron chi connectivity index (χ4n) is 0.499. The smallest absolute Gasteiger partial charge is 0.280 e. The molecule has 0 aromatic carbocycles. The number of hydrogen-bond donors (Lipinski definition) is 0. The molecule has 0 aromatic heterocycles. The van der Waals surface area contributed by atoms with Crippen molar-refractivity contribution in [1.82, 2.24) is 0 Å². The number of amides is 1. The van der Waals surface area contributed by atoms with Gasteiger partial charge in [0.2, 0.25) is 0 Å². The highest BCUT2D eigenvalue weighted by Gasteiger charge is 2.03. The van der Waals surface area contributed by atoms with E-state index in [-0.39, 0.29) is 5.91 Å². The first kappa shape index (κ1) is 6.48. The van der Waals surface area contributed by atoms with Crippen molar-refractivity contribution in [3.63, 3.8) is 0 Å². The summed E-state index contributed by atoms with van der Waals surface area (Å²) in [7, 11) is 0. The standard InChI is InChI=1S/C5H6N2OS/c1-9-5-3-6-2-4(8)7-5/h2H,3H2,1H3. The fourth-order valence-corrected chi connectivity index (χ4v) is 0.884. The van der Waals surface area contributed by atoms with Crippen molar-refractivity contribution in [1.29, 1.82) is 0 Å². The summed E-state index contributed by atoms with van der Waals surface area (Å²) >= 11 is 1.46. The Labute approximate surface area is 57.3 Å². The molecule has 1 heterocycles. The van der Waals surface area contributed by atoms with Crippen LogP contribution in [0, 0.1) is 0 Å². The zero-order chi connectivity index (χ0) is 6.69. The molecule has 0 atom stereocenters. The van der Waals surface area contributed by atoms with Gasteiger partial charge >= 0.3 is 0 Å². The lowest BCUT2D eigenvalue weighted by molar-refractivity contribution is -0.111. The first-order valence-corrected chi connectivity index (χ1v) is 3.71. The van der Waals surface area contributed by atoms with E-state index < -0.39 is 0 Å². The summed E-state index contributed by atoms with van der Waals surface area (Å²) < 4.78 is 0. The highest BCUT2D eigenvalue weighted by Crippen LogP contribution is 2.01. The van der Waals surface area contributed by atoms with E-state index in [1.807, 2.05) is 6.26 Å². The van der Waals surface area contributed by atoms with E-state index in [4.69, 9.17) is 0 Å². The van der Waals surface area contributed by atoms with E-state index in [0.717, 1.165) is 5.04 Å². The Balaban J connectivity index is 2.66. The molecule has 0 spiro atoms. The molecule has 0 saturated carbocycles. The van der Waals surface area contributed by atoms with Crippen LogP contribution in [0.25, 0.3) is 0 Å². The molecule has 1 amide bonds. The average Bonchev–Trinajstić information content (AvgIpc) is 1.88. The molecule has 0 radical (unpaired) electrons. The van der Waals surface area contributed by atoms with Gasteiger partial charge in [0.15, 0.2) is 0 Å². The van der Waals surface area contributed by atoms with Crippen molar-refractivity contribution in [3.05, 3.63) is 0 Å². The lowest BCUT2D eigenvalue weighted by Gasteiger charge is -1.99. The third-order valence-electron chi connectivity index (χ3n) is 0.899. The second-order valence-corrected chi connectivity index (χ2v) is 2.40. The number of hydrogen-bond acceptors (Lipinski definition) is 3. The van der Waals surface area contributed by atoms with Crippen molar-refractivity contribution in [2.75, 3.05) is 12.8 Å². The van der Waals surface area contributed by atoms with Gasteiger partial charge in [-0.05, 0) is 6.26 Å². The summed E-state index contributed by atoms with van der Waals surface area (Å²) in [6.45, 7) is 0.562. The van der Waals surface area contributed by atoms with Crippen LogP contribution >= 0.6 is 11.8 Å². The summed E-state index contributed by atoms with van der Waals surface area (Å²) in [4.78, 5) is 18.0. The molecule has 1 aliphatic heterocycles. The molecule has 0 aliphatic carbocycles. The minimum atomic E-state index is -0.245. The molecule has 0 aromatic rings. The molecule has 9 heavy (non-hydrogen) atoms. The average molecular weight is 142 g/mol. The number of aliphatic imine (C=N–C) groups is 2. The lowest BCUT2D eigenvalue weighted by Crippen LogP contribution is -2.10. The van der Waals surface area contributed by atoms with Gasteiger partial charge in [-0.15, -0.1) is 11.8 Å². The van der Waals surface area contributed by atoms with Crippen LogP contribution in [0.4, 0.5) is 0 Å². The predicted octanol–water partition coefficient (Wildman–Crippen LogP) is 0.359. The Morgan fingerprint density at radius 1 is 1.78 bits per heavy atom. The molecule has 4 heteroatoms. The number of thioether (sulfide) groups is 1. The van der Waals surface area contributed by atoms with Crippen LogP contribution in [0.15, 0.2) is 9.98 Å². The summed E-state index contributed by atoms with van der Waals surface area (Å²) in [6.07, 6.45) is 3.13. The Hall–Kier alpha value is -0.640. The maximum atomic E-state index is 10.5. The largest absolute Gasteiger partial charge is 0.288 e. The Kier molecular flexibility index (Phi) is 2.00. The minimum Gasteiger partial charge on any atom is -0.280 e. The zero-order valence-corrected chi connectivity index (χ0v) is 5.81. The molecule has 0 N–H and O–H groups in total. The predicted molar refractivity (Wildman–Crippen MR) is 39.3 cm³/mol. The van der Waals surface area contributed by atoms with E-state index in [0.29, 0.717) is 6.54 Å². The van der Waals surface area contributed by atoms with Gasteiger partial charge in [0.05, 0.1) is 17.8 Å². The van der Waals surface area contributed by atoms with Gasteiger partial charge in [0.1, 0.15) is 0 Å². The molecular formula is C5H6N2OS. The van der Waals surface area contributed by atoms with Crippen molar-refractivity contribution in [3.8, 4) is 0 Å². The van der Waals surface area contributed by atoms with Crippen molar-refractivity contribution in [2.45, 2.75) is 0 Å². The van der Waals surface area contributed by atoms with Gasteiger partial charge < -0.3 is 0 Å². The van der Waals surface area contributed by atoms with Crippen LogP contribution in [0.2, 0.25) is 0 Å². The molecule has 0 unspecified atom stereocenters. The topological polar surface area (TPSA) is 41.8 Å². The van der Waals surface area contributed by atoms with Crippen LogP contribution in [-0.2, 0) is 4.79 Å². The quantitative estimate of drug-likeness (QED) is 0.490. The maximum Gasteiger partial charge on any atom is 0.288 e. The summed E-state index contributed by atoms with van der Waals surface area (Å²) in [5.74, 6) is -0.245.